The molecule has 2 fully saturated rings. The molecule has 0 unspecified atom stereocenters. The summed E-state index contributed by atoms with van der Waals surface area (Å²) in [6.45, 7) is 5.29. The van der Waals surface area contributed by atoms with Crippen LogP contribution >= 0.6 is 0 Å². The van der Waals surface area contributed by atoms with Gasteiger partial charge in [-0.15, -0.1) is 10.2 Å². The third kappa shape index (κ3) is 3.90. The first-order valence-electron chi connectivity index (χ1n) is 8.38. The van der Waals surface area contributed by atoms with Crippen molar-refractivity contribution in [3.63, 3.8) is 0 Å². The summed E-state index contributed by atoms with van der Waals surface area (Å²) in [5.41, 5.74) is 0. The topological polar surface area (TPSA) is 61.8 Å². The average molecular weight is 319 g/mol. The number of piperidine rings is 1. The fourth-order valence-corrected chi connectivity index (χ4v) is 3.18. The van der Waals surface area contributed by atoms with E-state index in [0.29, 0.717) is 13.1 Å². The van der Waals surface area contributed by atoms with Crippen molar-refractivity contribution in [2.24, 2.45) is 0 Å². The van der Waals surface area contributed by atoms with Gasteiger partial charge in [0.15, 0.2) is 11.6 Å². The number of carbonyl (C=O) groups excluding carboxylic acids is 1. The number of ether oxygens (including phenoxy) is 1. The van der Waals surface area contributed by atoms with Crippen LogP contribution in [-0.2, 0) is 9.53 Å². The van der Waals surface area contributed by atoms with Crippen LogP contribution in [0.15, 0.2) is 12.1 Å². The molecular formula is C16H25N5O2. The Hall–Kier alpha value is -1.89. The van der Waals surface area contributed by atoms with Crippen LogP contribution in [0.2, 0.25) is 0 Å². The predicted molar refractivity (Wildman–Crippen MR) is 88.8 cm³/mol. The minimum atomic E-state index is 0.0543. The molecule has 23 heavy (non-hydrogen) atoms. The fraction of sp³-hybridized carbons (Fsp3) is 0.688. The normalized spacial score (nSPS) is 19.1. The Morgan fingerprint density at radius 2 is 1.52 bits per heavy atom. The summed E-state index contributed by atoms with van der Waals surface area (Å²) in [5, 5.41) is 8.78. The van der Waals surface area contributed by atoms with Crippen LogP contribution in [0.1, 0.15) is 19.3 Å². The average Bonchev–Trinajstić information content (AvgIpc) is 2.63. The third-order valence-electron chi connectivity index (χ3n) is 4.54. The third-order valence-corrected chi connectivity index (χ3v) is 4.54. The molecular weight excluding hydrogens is 294 g/mol. The number of aromatic nitrogens is 2. The van der Waals surface area contributed by atoms with Crippen LogP contribution < -0.4 is 9.80 Å². The number of piperazine rings is 1. The number of amides is 1. The van der Waals surface area contributed by atoms with Crippen molar-refractivity contribution >= 4 is 17.5 Å². The summed E-state index contributed by atoms with van der Waals surface area (Å²) >= 11 is 0. The quantitative estimate of drug-likeness (QED) is 0.817. The highest BCUT2D eigenvalue weighted by molar-refractivity contribution is 5.77. The van der Waals surface area contributed by atoms with E-state index in [1.165, 1.54) is 19.3 Å². The number of anilines is 2. The Morgan fingerprint density at radius 1 is 0.957 bits per heavy atom. The van der Waals surface area contributed by atoms with Crippen molar-refractivity contribution in [3.05, 3.63) is 12.1 Å². The second-order valence-electron chi connectivity index (χ2n) is 6.10. The van der Waals surface area contributed by atoms with Gasteiger partial charge in [-0.3, -0.25) is 4.79 Å². The van der Waals surface area contributed by atoms with E-state index in [2.05, 4.69) is 26.1 Å². The second kappa shape index (κ2) is 7.59. The van der Waals surface area contributed by atoms with Crippen LogP contribution in [0.3, 0.4) is 0 Å². The van der Waals surface area contributed by atoms with Gasteiger partial charge in [-0.2, -0.15) is 0 Å². The van der Waals surface area contributed by atoms with Gasteiger partial charge in [-0.25, -0.2) is 0 Å². The number of nitrogens with zero attached hydrogens (tertiary/aromatic N) is 5. The van der Waals surface area contributed by atoms with Crippen molar-refractivity contribution in [2.45, 2.75) is 19.3 Å². The van der Waals surface area contributed by atoms with Crippen LogP contribution in [0, 0.1) is 0 Å². The Kier molecular flexibility index (Phi) is 5.27. The summed E-state index contributed by atoms with van der Waals surface area (Å²) < 4.78 is 4.91. The zero-order valence-electron chi connectivity index (χ0n) is 13.8. The molecule has 0 radical (unpaired) electrons. The van der Waals surface area contributed by atoms with Crippen LogP contribution in [0.25, 0.3) is 0 Å². The Bertz CT molecular complexity index is 508. The SMILES string of the molecule is COCC(=O)N1CCN(c2ccc(N3CCCCC3)nn2)CC1. The molecule has 3 heterocycles. The molecule has 0 aromatic carbocycles. The number of hydrogen-bond acceptors (Lipinski definition) is 6. The molecule has 2 aliphatic heterocycles. The molecule has 0 N–H and O–H groups in total. The zero-order chi connectivity index (χ0) is 16.1. The molecule has 7 nitrogen and oxygen atoms in total. The molecule has 0 spiro atoms. The highest BCUT2D eigenvalue weighted by Gasteiger charge is 2.22. The monoisotopic (exact) mass is 319 g/mol. The summed E-state index contributed by atoms with van der Waals surface area (Å²) in [5.74, 6) is 1.92. The van der Waals surface area contributed by atoms with E-state index in [9.17, 15) is 4.79 Å². The Labute approximate surface area is 137 Å². The molecule has 3 rings (SSSR count). The largest absolute Gasteiger partial charge is 0.375 e. The van der Waals surface area contributed by atoms with E-state index < -0.39 is 0 Å². The van der Waals surface area contributed by atoms with E-state index in [1.54, 1.807) is 7.11 Å². The lowest BCUT2D eigenvalue weighted by Gasteiger charge is -2.35. The van der Waals surface area contributed by atoms with Gasteiger partial charge in [0.1, 0.15) is 6.61 Å². The molecule has 7 heteroatoms. The van der Waals surface area contributed by atoms with E-state index in [0.717, 1.165) is 37.8 Å². The van der Waals surface area contributed by atoms with Crippen LogP contribution in [0.4, 0.5) is 11.6 Å². The molecule has 0 aliphatic carbocycles. The van der Waals surface area contributed by atoms with E-state index in [-0.39, 0.29) is 12.5 Å². The van der Waals surface area contributed by atoms with Crippen LogP contribution in [0.5, 0.6) is 0 Å². The minimum absolute atomic E-state index is 0.0543. The number of methoxy groups -OCH3 is 1. The highest BCUT2D eigenvalue weighted by Crippen LogP contribution is 2.19. The summed E-state index contributed by atoms with van der Waals surface area (Å²) in [4.78, 5) is 18.1. The first-order chi connectivity index (χ1) is 11.3. The van der Waals surface area contributed by atoms with Gasteiger partial charge >= 0.3 is 0 Å². The second-order valence-corrected chi connectivity index (χ2v) is 6.10. The lowest BCUT2D eigenvalue weighted by Crippen LogP contribution is -2.50. The Morgan fingerprint density at radius 3 is 2.04 bits per heavy atom. The lowest BCUT2D eigenvalue weighted by atomic mass is 10.1. The van der Waals surface area contributed by atoms with Crippen molar-refractivity contribution < 1.29 is 9.53 Å². The van der Waals surface area contributed by atoms with Gasteiger partial charge < -0.3 is 19.4 Å². The fourth-order valence-electron chi connectivity index (χ4n) is 3.18. The van der Waals surface area contributed by atoms with E-state index in [1.807, 2.05) is 11.0 Å². The van der Waals surface area contributed by atoms with Gasteiger partial charge in [-0.05, 0) is 31.4 Å². The number of carbonyl (C=O) groups is 1. The van der Waals surface area contributed by atoms with E-state index in [4.69, 9.17) is 4.74 Å². The van der Waals surface area contributed by atoms with Gasteiger partial charge in [-0.1, -0.05) is 0 Å². The van der Waals surface area contributed by atoms with Gasteiger partial charge in [0.25, 0.3) is 0 Å². The molecule has 0 saturated carbocycles. The number of rotatable bonds is 4. The van der Waals surface area contributed by atoms with Crippen LogP contribution in [-0.4, -0.2) is 74.0 Å². The van der Waals surface area contributed by atoms with Gasteiger partial charge in [0.2, 0.25) is 5.91 Å². The zero-order valence-corrected chi connectivity index (χ0v) is 13.8. The molecule has 0 atom stereocenters. The molecule has 1 amide bonds. The van der Waals surface area contributed by atoms with Crippen molar-refractivity contribution in [2.75, 3.05) is 62.8 Å². The van der Waals surface area contributed by atoms with E-state index >= 15 is 0 Å². The van der Waals surface area contributed by atoms with Crippen molar-refractivity contribution in [1.29, 1.82) is 0 Å². The van der Waals surface area contributed by atoms with Gasteiger partial charge in [0, 0.05) is 46.4 Å². The maximum absolute atomic E-state index is 11.8. The molecule has 126 valence electrons. The minimum Gasteiger partial charge on any atom is -0.375 e. The molecule has 0 bridgehead atoms. The summed E-state index contributed by atoms with van der Waals surface area (Å²) in [6.07, 6.45) is 3.79. The number of hydrogen-bond donors (Lipinski definition) is 0. The Balaban J connectivity index is 1.55. The molecule has 2 saturated heterocycles. The molecule has 1 aromatic heterocycles. The van der Waals surface area contributed by atoms with Crippen molar-refractivity contribution in [3.8, 4) is 0 Å². The first kappa shape index (κ1) is 16.0. The summed E-state index contributed by atoms with van der Waals surface area (Å²) in [6, 6.07) is 4.11. The maximum atomic E-state index is 11.8. The first-order valence-corrected chi connectivity index (χ1v) is 8.38. The van der Waals surface area contributed by atoms with Crippen molar-refractivity contribution in [1.82, 2.24) is 15.1 Å². The molecule has 2 aliphatic rings. The maximum Gasteiger partial charge on any atom is 0.248 e. The molecule has 1 aromatic rings. The lowest BCUT2D eigenvalue weighted by molar-refractivity contribution is -0.135. The highest BCUT2D eigenvalue weighted by atomic mass is 16.5. The summed E-state index contributed by atoms with van der Waals surface area (Å²) in [7, 11) is 1.55. The van der Waals surface area contributed by atoms with Gasteiger partial charge in [0.05, 0.1) is 0 Å². The smallest absolute Gasteiger partial charge is 0.248 e. The standard InChI is InChI=1S/C16H25N5O2/c1-23-13-16(22)21-11-9-20(10-12-21)15-6-5-14(17-18-15)19-7-3-2-4-8-19/h5-6H,2-4,7-13H2,1H3. The predicted octanol–water partition coefficient (Wildman–Crippen LogP) is 0.762.